The smallest absolute Gasteiger partial charge is 0.328 e. The number of urea groups is 1. The van der Waals surface area contributed by atoms with Crippen LogP contribution in [0.25, 0.3) is 0 Å². The van der Waals surface area contributed by atoms with Crippen molar-refractivity contribution >= 4 is 58.5 Å². The minimum atomic E-state index is -1.58. The van der Waals surface area contributed by atoms with Crippen molar-refractivity contribution in [2.24, 2.45) is 29.4 Å². The molecule has 0 aromatic heterocycles. The van der Waals surface area contributed by atoms with E-state index in [1.165, 1.54) is 25.3 Å². The van der Waals surface area contributed by atoms with Gasteiger partial charge < -0.3 is 15.6 Å². The fourth-order valence-electron chi connectivity index (χ4n) is 8.14. The highest BCUT2D eigenvalue weighted by molar-refractivity contribution is 6.36. The number of phenols is 1. The molecule has 47 heavy (non-hydrogen) atoms. The Labute approximate surface area is 278 Å². The summed E-state index contributed by atoms with van der Waals surface area (Å²) in [5.41, 5.74) is 8.75. The molecule has 13 heteroatoms. The first-order chi connectivity index (χ1) is 22.5. The Kier molecular flexibility index (Phi) is 7.29. The molecule has 7 rings (SSSR count). The molecule has 0 bridgehead atoms. The van der Waals surface area contributed by atoms with Crippen molar-refractivity contribution < 1.29 is 33.8 Å². The fourth-order valence-corrected chi connectivity index (χ4v) is 8.59. The third-order valence-electron chi connectivity index (χ3n) is 10.0. The molecule has 2 aliphatic heterocycles. The van der Waals surface area contributed by atoms with Gasteiger partial charge in [-0.3, -0.25) is 24.6 Å². The molecule has 0 unspecified atom stereocenters. The van der Waals surface area contributed by atoms with E-state index in [-0.39, 0.29) is 29.3 Å². The predicted octanol–water partition coefficient (Wildman–Crippen LogP) is 4.77. The number of benzene rings is 3. The molecular weight excluding hydrogens is 647 g/mol. The molecule has 4 N–H and O–H groups in total. The number of hydrogen-bond donors (Lipinski definition) is 3. The van der Waals surface area contributed by atoms with Crippen LogP contribution in [0.2, 0.25) is 10.0 Å². The van der Waals surface area contributed by atoms with Crippen LogP contribution in [0.4, 0.5) is 10.5 Å². The Morgan fingerprint density at radius 3 is 2.38 bits per heavy atom. The van der Waals surface area contributed by atoms with Crippen LogP contribution in [0.3, 0.4) is 0 Å². The standard InChI is InChI=1S/C34H28Cl2N4O7/c1-47-20-8-5-17(6-9-20)34-24(30(43)40(32(34)45)38-26-12-7-18(35)14-25(26)36)15-23-21(28(34)16-3-2-4-19(41)13-16)10-11-22-27(23)31(44)39(29(22)42)33(37)46/h2-10,12-14,22-24,27-28,38,41H,11,15H2,1H3,(H2,37,46)/t22-,23+,24-,27-,28-,34+/m0/s1. The number of imide groups is 4. The average molecular weight is 676 g/mol. The number of nitrogens with zero attached hydrogens (tertiary/aromatic N) is 2. The van der Waals surface area contributed by atoms with Gasteiger partial charge in [-0.1, -0.05) is 59.1 Å². The minimum absolute atomic E-state index is 0.0110. The van der Waals surface area contributed by atoms with Crippen LogP contribution in [0, 0.1) is 23.7 Å². The first-order valence-corrected chi connectivity index (χ1v) is 15.6. The molecule has 4 aliphatic rings. The molecule has 11 nitrogen and oxygen atoms in total. The van der Waals surface area contributed by atoms with Crippen molar-refractivity contribution in [1.82, 2.24) is 9.91 Å². The normalized spacial score (nSPS) is 28.1. The van der Waals surface area contributed by atoms with Gasteiger partial charge in [0.25, 0.3) is 11.8 Å². The highest BCUT2D eigenvalue weighted by atomic mass is 35.5. The van der Waals surface area contributed by atoms with E-state index in [9.17, 15) is 24.3 Å². The summed E-state index contributed by atoms with van der Waals surface area (Å²) in [6.45, 7) is 0. The Morgan fingerprint density at radius 2 is 1.72 bits per heavy atom. The number of nitrogens with one attached hydrogen (secondary N) is 1. The van der Waals surface area contributed by atoms with Crippen LogP contribution in [0.1, 0.15) is 29.9 Å². The lowest BCUT2D eigenvalue weighted by Gasteiger charge is -2.50. The van der Waals surface area contributed by atoms with E-state index in [1.54, 1.807) is 48.5 Å². The van der Waals surface area contributed by atoms with Gasteiger partial charge in [-0.15, -0.1) is 0 Å². The number of halogens is 2. The highest BCUT2D eigenvalue weighted by Gasteiger charge is 2.70. The lowest BCUT2D eigenvalue weighted by atomic mass is 9.49. The maximum atomic E-state index is 15.1. The van der Waals surface area contributed by atoms with Crippen LogP contribution in [-0.4, -0.2) is 51.8 Å². The maximum absolute atomic E-state index is 15.1. The third kappa shape index (κ3) is 4.44. The molecule has 1 saturated carbocycles. The topological polar surface area (TPSA) is 159 Å². The number of rotatable bonds is 5. The van der Waals surface area contributed by atoms with Gasteiger partial charge in [0.15, 0.2) is 0 Å². The molecule has 2 aliphatic carbocycles. The summed E-state index contributed by atoms with van der Waals surface area (Å²) < 4.78 is 5.39. The number of methoxy groups -OCH3 is 1. The summed E-state index contributed by atoms with van der Waals surface area (Å²) in [5.74, 6) is -6.55. The number of hydrazine groups is 1. The van der Waals surface area contributed by atoms with Crippen LogP contribution < -0.4 is 15.9 Å². The van der Waals surface area contributed by atoms with Crippen molar-refractivity contribution in [2.45, 2.75) is 24.2 Å². The SMILES string of the molecule is COc1ccc([C@@]23C(=O)N(Nc4ccc(Cl)cc4Cl)C(=O)[C@@H]2C[C@@H]2C(=CC[C@@H]4C(=O)N(C(N)=O)C(=O)[C@@H]42)[C@@H]3c2cccc(O)c2)cc1. The highest BCUT2D eigenvalue weighted by Crippen LogP contribution is 2.64. The molecule has 0 spiro atoms. The largest absolute Gasteiger partial charge is 0.508 e. The van der Waals surface area contributed by atoms with E-state index in [1.807, 2.05) is 6.08 Å². The van der Waals surface area contributed by atoms with Crippen molar-refractivity contribution in [3.8, 4) is 11.5 Å². The van der Waals surface area contributed by atoms with Gasteiger partial charge in [0.2, 0.25) is 11.8 Å². The second-order valence-electron chi connectivity index (χ2n) is 12.2. The number of nitrogens with two attached hydrogens (primary N) is 1. The molecule has 0 radical (unpaired) electrons. The first kappa shape index (κ1) is 30.8. The zero-order chi connectivity index (χ0) is 33.4. The zero-order valence-corrected chi connectivity index (χ0v) is 26.4. The maximum Gasteiger partial charge on any atom is 0.328 e. The van der Waals surface area contributed by atoms with Gasteiger partial charge >= 0.3 is 6.03 Å². The van der Waals surface area contributed by atoms with Crippen LogP contribution in [0.15, 0.2) is 78.4 Å². The average Bonchev–Trinajstić information content (AvgIpc) is 3.43. The number of allylic oxidation sites excluding steroid dienone is 2. The third-order valence-corrected chi connectivity index (χ3v) is 10.6. The van der Waals surface area contributed by atoms with E-state index in [2.05, 4.69) is 5.43 Å². The Bertz CT molecular complexity index is 1910. The number of ether oxygens (including phenoxy) is 1. The van der Waals surface area contributed by atoms with E-state index in [0.29, 0.717) is 32.4 Å². The van der Waals surface area contributed by atoms with Crippen molar-refractivity contribution in [3.63, 3.8) is 0 Å². The molecule has 3 aromatic rings. The van der Waals surface area contributed by atoms with Gasteiger partial charge in [-0.05, 0) is 72.4 Å². The summed E-state index contributed by atoms with van der Waals surface area (Å²) in [4.78, 5) is 69.3. The Morgan fingerprint density at radius 1 is 0.979 bits per heavy atom. The number of hydrogen-bond acceptors (Lipinski definition) is 8. The minimum Gasteiger partial charge on any atom is -0.508 e. The summed E-state index contributed by atoms with van der Waals surface area (Å²) >= 11 is 12.6. The van der Waals surface area contributed by atoms with E-state index < -0.39 is 64.7 Å². The number of primary amides is 1. The number of carbonyl (C=O) groups excluding carboxylic acids is 5. The summed E-state index contributed by atoms with van der Waals surface area (Å²) in [7, 11) is 1.52. The number of anilines is 1. The van der Waals surface area contributed by atoms with Gasteiger partial charge in [-0.25, -0.2) is 4.79 Å². The summed E-state index contributed by atoms with van der Waals surface area (Å²) in [6, 6.07) is 16.7. The lowest BCUT2D eigenvalue weighted by molar-refractivity contribution is -0.139. The van der Waals surface area contributed by atoms with Gasteiger partial charge in [0, 0.05) is 10.9 Å². The molecule has 6 amide bonds. The number of carbonyl (C=O) groups is 5. The molecule has 2 heterocycles. The van der Waals surface area contributed by atoms with E-state index in [4.69, 9.17) is 33.7 Å². The predicted molar refractivity (Wildman–Crippen MR) is 170 cm³/mol. The fraction of sp³-hybridized carbons (Fsp3) is 0.265. The van der Waals surface area contributed by atoms with Crippen LogP contribution >= 0.6 is 23.2 Å². The van der Waals surface area contributed by atoms with E-state index in [0.717, 1.165) is 5.01 Å². The first-order valence-electron chi connectivity index (χ1n) is 14.9. The second-order valence-corrected chi connectivity index (χ2v) is 13.0. The molecule has 240 valence electrons. The lowest BCUT2D eigenvalue weighted by Crippen LogP contribution is -2.53. The number of likely N-dealkylation sites (tertiary alicyclic amines) is 1. The molecular formula is C34H28Cl2N4O7. The van der Waals surface area contributed by atoms with Gasteiger partial charge in [-0.2, -0.15) is 9.91 Å². The van der Waals surface area contributed by atoms with Crippen LogP contribution in [-0.2, 0) is 24.6 Å². The van der Waals surface area contributed by atoms with Crippen molar-refractivity contribution in [1.29, 1.82) is 0 Å². The Balaban J connectivity index is 1.46. The zero-order valence-electron chi connectivity index (χ0n) is 24.9. The Hall–Kier alpha value is -4.87. The molecule has 3 aromatic carbocycles. The summed E-state index contributed by atoms with van der Waals surface area (Å²) in [5, 5.41) is 12.1. The second kappa shape index (κ2) is 11.1. The van der Waals surface area contributed by atoms with Gasteiger partial charge in [0.05, 0.1) is 41.0 Å². The number of fused-ring (bicyclic) bond motifs is 4. The van der Waals surface area contributed by atoms with Crippen molar-refractivity contribution in [3.05, 3.63) is 99.6 Å². The van der Waals surface area contributed by atoms with Crippen molar-refractivity contribution in [2.75, 3.05) is 12.5 Å². The summed E-state index contributed by atoms with van der Waals surface area (Å²) in [6.07, 6.45) is 1.96. The number of aromatic hydroxyl groups is 1. The van der Waals surface area contributed by atoms with Gasteiger partial charge in [0.1, 0.15) is 11.5 Å². The molecule has 3 fully saturated rings. The quantitative estimate of drug-likeness (QED) is 0.258. The molecule has 6 atom stereocenters. The number of phenolic OH excluding ortho intramolecular Hbond substituents is 1. The number of amides is 6. The molecule has 2 saturated heterocycles. The monoisotopic (exact) mass is 674 g/mol. The van der Waals surface area contributed by atoms with E-state index >= 15 is 4.79 Å². The van der Waals surface area contributed by atoms with Crippen LogP contribution in [0.5, 0.6) is 11.5 Å².